The molecule has 0 bridgehead atoms. The Labute approximate surface area is 97.3 Å². The lowest BCUT2D eigenvalue weighted by Crippen LogP contribution is -2.23. The van der Waals surface area contributed by atoms with Crippen LogP contribution >= 0.6 is 0 Å². The van der Waals surface area contributed by atoms with Gasteiger partial charge in [-0.25, -0.2) is 0 Å². The third kappa shape index (κ3) is 4.03. The van der Waals surface area contributed by atoms with Gasteiger partial charge in [0.05, 0.1) is 11.5 Å². The summed E-state index contributed by atoms with van der Waals surface area (Å²) in [5, 5.41) is 16.3. The van der Waals surface area contributed by atoms with Crippen molar-refractivity contribution < 1.29 is 0 Å². The lowest BCUT2D eigenvalue weighted by atomic mass is 9.91. The number of hydrogen-bond donors (Lipinski definition) is 1. The third-order valence-electron chi connectivity index (χ3n) is 2.71. The van der Waals surface area contributed by atoms with Gasteiger partial charge in [0.15, 0.2) is 0 Å². The van der Waals surface area contributed by atoms with Crippen LogP contribution in [0.15, 0.2) is 12.3 Å². The molecule has 4 heteroatoms. The van der Waals surface area contributed by atoms with Gasteiger partial charge in [0.1, 0.15) is 0 Å². The van der Waals surface area contributed by atoms with Crippen LogP contribution in [-0.4, -0.2) is 22.9 Å². The standard InChI is InChI=1S/C12H20N4/c1-12(2,10-13)6-9-14-7-4-11-5-8-15-16(11)3/h5,8,14H,4,6-7,9H2,1-3H3. The molecule has 16 heavy (non-hydrogen) atoms. The maximum atomic E-state index is 8.85. The van der Waals surface area contributed by atoms with E-state index in [1.54, 1.807) is 0 Å². The van der Waals surface area contributed by atoms with E-state index < -0.39 is 0 Å². The van der Waals surface area contributed by atoms with Crippen LogP contribution in [0.1, 0.15) is 26.0 Å². The van der Waals surface area contributed by atoms with Crippen molar-refractivity contribution >= 4 is 0 Å². The van der Waals surface area contributed by atoms with Crippen LogP contribution < -0.4 is 5.32 Å². The van der Waals surface area contributed by atoms with Crippen molar-refractivity contribution in [1.82, 2.24) is 15.1 Å². The predicted octanol–water partition coefficient (Wildman–Crippen LogP) is 1.49. The number of nitrogens with zero attached hydrogens (tertiary/aromatic N) is 3. The third-order valence-corrected chi connectivity index (χ3v) is 2.71. The minimum atomic E-state index is -0.223. The molecule has 0 aliphatic rings. The highest BCUT2D eigenvalue weighted by Gasteiger charge is 2.15. The summed E-state index contributed by atoms with van der Waals surface area (Å²) >= 11 is 0. The van der Waals surface area contributed by atoms with E-state index in [0.29, 0.717) is 0 Å². The lowest BCUT2D eigenvalue weighted by molar-refractivity contribution is 0.433. The second-order valence-electron chi connectivity index (χ2n) is 4.69. The van der Waals surface area contributed by atoms with Crippen molar-refractivity contribution in [3.63, 3.8) is 0 Å². The van der Waals surface area contributed by atoms with E-state index >= 15 is 0 Å². The molecule has 0 atom stereocenters. The molecule has 0 fully saturated rings. The van der Waals surface area contributed by atoms with Crippen LogP contribution in [0.3, 0.4) is 0 Å². The summed E-state index contributed by atoms with van der Waals surface area (Å²) < 4.78 is 1.89. The van der Waals surface area contributed by atoms with Gasteiger partial charge in [0.2, 0.25) is 0 Å². The van der Waals surface area contributed by atoms with Crippen LogP contribution in [0.4, 0.5) is 0 Å². The summed E-state index contributed by atoms with van der Waals surface area (Å²) in [5.41, 5.74) is 1.01. The Hall–Kier alpha value is -1.34. The van der Waals surface area contributed by atoms with Crippen molar-refractivity contribution in [2.24, 2.45) is 12.5 Å². The monoisotopic (exact) mass is 220 g/mol. The van der Waals surface area contributed by atoms with Gasteiger partial charge < -0.3 is 5.32 Å². The van der Waals surface area contributed by atoms with Crippen LogP contribution in [-0.2, 0) is 13.5 Å². The van der Waals surface area contributed by atoms with Crippen LogP contribution in [0, 0.1) is 16.7 Å². The van der Waals surface area contributed by atoms with E-state index in [0.717, 1.165) is 25.9 Å². The zero-order valence-corrected chi connectivity index (χ0v) is 10.3. The molecule has 0 aromatic carbocycles. The van der Waals surface area contributed by atoms with Crippen molar-refractivity contribution in [3.05, 3.63) is 18.0 Å². The number of hydrogen-bond acceptors (Lipinski definition) is 3. The van der Waals surface area contributed by atoms with E-state index in [1.165, 1.54) is 5.69 Å². The zero-order chi connectivity index (χ0) is 12.0. The molecular formula is C12H20N4. The molecule has 0 amide bonds. The van der Waals surface area contributed by atoms with Gasteiger partial charge in [-0.15, -0.1) is 0 Å². The summed E-state index contributed by atoms with van der Waals surface area (Å²) in [6.45, 7) is 5.76. The highest BCUT2D eigenvalue weighted by molar-refractivity contribution is 5.00. The number of nitriles is 1. The van der Waals surface area contributed by atoms with E-state index in [9.17, 15) is 0 Å². The topological polar surface area (TPSA) is 53.6 Å². The molecule has 0 spiro atoms. The fraction of sp³-hybridized carbons (Fsp3) is 0.667. The molecule has 0 aliphatic carbocycles. The van der Waals surface area contributed by atoms with E-state index in [1.807, 2.05) is 37.8 Å². The summed E-state index contributed by atoms with van der Waals surface area (Å²) in [6, 6.07) is 4.33. The van der Waals surface area contributed by atoms with Gasteiger partial charge in [0, 0.05) is 31.9 Å². The average Bonchev–Trinajstić information content (AvgIpc) is 2.64. The number of rotatable bonds is 6. The Kier molecular flexibility index (Phi) is 4.51. The van der Waals surface area contributed by atoms with E-state index in [4.69, 9.17) is 5.26 Å². The number of aryl methyl sites for hydroxylation is 1. The minimum Gasteiger partial charge on any atom is -0.316 e. The normalized spacial score (nSPS) is 11.4. The van der Waals surface area contributed by atoms with Crippen LogP contribution in [0.25, 0.3) is 0 Å². The van der Waals surface area contributed by atoms with Gasteiger partial charge in [0.25, 0.3) is 0 Å². The van der Waals surface area contributed by atoms with Crippen LogP contribution in [0.2, 0.25) is 0 Å². The first-order valence-corrected chi connectivity index (χ1v) is 5.64. The minimum absolute atomic E-state index is 0.223. The first-order chi connectivity index (χ1) is 7.55. The van der Waals surface area contributed by atoms with E-state index in [2.05, 4.69) is 16.5 Å². The molecule has 0 saturated heterocycles. The number of aromatic nitrogens is 2. The Morgan fingerprint density at radius 2 is 2.25 bits per heavy atom. The molecule has 1 aromatic rings. The molecule has 1 heterocycles. The predicted molar refractivity (Wildman–Crippen MR) is 63.8 cm³/mol. The number of nitrogens with one attached hydrogen (secondary N) is 1. The fourth-order valence-corrected chi connectivity index (χ4v) is 1.44. The molecule has 0 unspecified atom stereocenters. The quantitative estimate of drug-likeness (QED) is 0.739. The molecule has 0 saturated carbocycles. The summed E-state index contributed by atoms with van der Waals surface area (Å²) in [5.74, 6) is 0. The van der Waals surface area contributed by atoms with Gasteiger partial charge in [-0.05, 0) is 32.9 Å². The SMILES string of the molecule is Cn1nccc1CCNCCC(C)(C)C#N. The van der Waals surface area contributed by atoms with Gasteiger partial charge >= 0.3 is 0 Å². The summed E-state index contributed by atoms with van der Waals surface area (Å²) in [6.07, 6.45) is 3.67. The zero-order valence-electron chi connectivity index (χ0n) is 10.3. The fourth-order valence-electron chi connectivity index (χ4n) is 1.44. The maximum absolute atomic E-state index is 8.85. The van der Waals surface area contributed by atoms with Crippen molar-refractivity contribution in [1.29, 1.82) is 5.26 Å². The first-order valence-electron chi connectivity index (χ1n) is 5.64. The second kappa shape index (κ2) is 5.66. The van der Waals surface area contributed by atoms with Crippen molar-refractivity contribution in [2.45, 2.75) is 26.7 Å². The highest BCUT2D eigenvalue weighted by Crippen LogP contribution is 2.16. The molecule has 4 nitrogen and oxygen atoms in total. The Morgan fingerprint density at radius 1 is 1.50 bits per heavy atom. The van der Waals surface area contributed by atoms with Gasteiger partial charge in [-0.2, -0.15) is 10.4 Å². The second-order valence-corrected chi connectivity index (χ2v) is 4.69. The Morgan fingerprint density at radius 3 is 2.81 bits per heavy atom. The van der Waals surface area contributed by atoms with Gasteiger partial charge in [-0.1, -0.05) is 0 Å². The average molecular weight is 220 g/mol. The lowest BCUT2D eigenvalue weighted by Gasteiger charge is -2.14. The molecule has 1 rings (SSSR count). The Bertz CT molecular complexity index is 359. The molecule has 0 radical (unpaired) electrons. The van der Waals surface area contributed by atoms with Gasteiger partial charge in [-0.3, -0.25) is 4.68 Å². The molecule has 0 aliphatic heterocycles. The van der Waals surface area contributed by atoms with E-state index in [-0.39, 0.29) is 5.41 Å². The molecule has 1 N–H and O–H groups in total. The van der Waals surface area contributed by atoms with Crippen molar-refractivity contribution in [3.8, 4) is 6.07 Å². The Balaban J connectivity index is 2.14. The van der Waals surface area contributed by atoms with Crippen LogP contribution in [0.5, 0.6) is 0 Å². The molecule has 1 aromatic heterocycles. The molecular weight excluding hydrogens is 200 g/mol. The maximum Gasteiger partial charge on any atom is 0.0684 e. The highest BCUT2D eigenvalue weighted by atomic mass is 15.3. The van der Waals surface area contributed by atoms with Crippen molar-refractivity contribution in [2.75, 3.05) is 13.1 Å². The summed E-state index contributed by atoms with van der Waals surface area (Å²) in [7, 11) is 1.95. The first kappa shape index (κ1) is 12.7. The summed E-state index contributed by atoms with van der Waals surface area (Å²) in [4.78, 5) is 0. The smallest absolute Gasteiger partial charge is 0.0684 e. The molecule has 88 valence electrons. The largest absolute Gasteiger partial charge is 0.316 e.